The van der Waals surface area contributed by atoms with E-state index in [2.05, 4.69) is 194 Å². The number of rotatable bonds is 3. The second-order valence-corrected chi connectivity index (χ2v) is 17.6. The van der Waals surface area contributed by atoms with Crippen molar-refractivity contribution in [2.45, 2.75) is 0 Å². The zero-order valence-corrected chi connectivity index (χ0v) is 32.9. The van der Waals surface area contributed by atoms with Crippen LogP contribution in [0.15, 0.2) is 194 Å². The van der Waals surface area contributed by atoms with E-state index in [4.69, 9.17) is 0 Å². The molecule has 0 nitrogen and oxygen atoms in total. The van der Waals surface area contributed by atoms with Gasteiger partial charge in [0.1, 0.15) is 0 Å². The van der Waals surface area contributed by atoms with Crippen LogP contribution in [0.1, 0.15) is 0 Å². The van der Waals surface area contributed by atoms with Gasteiger partial charge in [0.25, 0.3) is 0 Å². The molecule has 0 saturated heterocycles. The Bertz CT molecular complexity index is 3800. The first-order valence-corrected chi connectivity index (χ1v) is 21.6. The van der Waals surface area contributed by atoms with Gasteiger partial charge in [0, 0.05) is 40.3 Å². The van der Waals surface area contributed by atoms with Crippen LogP contribution >= 0.6 is 22.7 Å². The predicted molar refractivity (Wildman–Crippen MR) is 256 cm³/mol. The van der Waals surface area contributed by atoms with E-state index in [1.54, 1.807) is 0 Å². The molecule has 0 saturated carbocycles. The molecule has 58 heavy (non-hydrogen) atoms. The highest BCUT2D eigenvalue weighted by Gasteiger charge is 2.21. The van der Waals surface area contributed by atoms with Crippen molar-refractivity contribution in [3.8, 4) is 33.4 Å². The van der Waals surface area contributed by atoms with Gasteiger partial charge in [0.2, 0.25) is 0 Å². The van der Waals surface area contributed by atoms with E-state index in [1.807, 2.05) is 22.7 Å². The molecule has 11 aromatic carbocycles. The molecular formula is C56H32S2. The van der Waals surface area contributed by atoms with Gasteiger partial charge in [-0.25, -0.2) is 0 Å². The fourth-order valence-corrected chi connectivity index (χ4v) is 12.4. The number of hydrogen-bond donors (Lipinski definition) is 0. The van der Waals surface area contributed by atoms with Crippen LogP contribution in [0.3, 0.4) is 0 Å². The molecule has 0 aliphatic rings. The van der Waals surface area contributed by atoms with Crippen LogP contribution in [0.4, 0.5) is 0 Å². The summed E-state index contributed by atoms with van der Waals surface area (Å²) in [5, 5.41) is 18.3. The molecular weight excluding hydrogens is 737 g/mol. The van der Waals surface area contributed by atoms with Crippen LogP contribution in [0.2, 0.25) is 0 Å². The number of fused-ring (bicyclic) bond motifs is 13. The molecule has 0 bridgehead atoms. The number of thiophene rings is 2. The summed E-state index contributed by atoms with van der Waals surface area (Å²) in [6, 6.07) is 72.5. The van der Waals surface area contributed by atoms with Gasteiger partial charge in [-0.05, 0) is 112 Å². The van der Waals surface area contributed by atoms with Crippen molar-refractivity contribution in [3.05, 3.63) is 194 Å². The SMILES string of the molecule is c1ccc2c(-c3c4ccccc4c(-c4ccc(-c5ccc6sc7c(ccc8sc9ccc%10ccccc%10c9c87)c6c5)c5ccccc45)c4ccccc34)cccc2c1. The van der Waals surface area contributed by atoms with Crippen LogP contribution in [-0.2, 0) is 0 Å². The largest absolute Gasteiger partial charge is 0.135 e. The molecule has 13 rings (SSSR count). The van der Waals surface area contributed by atoms with E-state index < -0.39 is 0 Å². The van der Waals surface area contributed by atoms with Gasteiger partial charge in [-0.2, -0.15) is 0 Å². The van der Waals surface area contributed by atoms with Crippen LogP contribution in [0.25, 0.3) is 128 Å². The quantitative estimate of drug-likeness (QED) is 0.157. The van der Waals surface area contributed by atoms with E-state index in [-0.39, 0.29) is 0 Å². The highest BCUT2D eigenvalue weighted by molar-refractivity contribution is 7.30. The van der Waals surface area contributed by atoms with Crippen molar-refractivity contribution in [3.63, 3.8) is 0 Å². The van der Waals surface area contributed by atoms with Crippen molar-refractivity contribution in [1.29, 1.82) is 0 Å². The van der Waals surface area contributed by atoms with Gasteiger partial charge in [-0.3, -0.25) is 0 Å². The van der Waals surface area contributed by atoms with Gasteiger partial charge >= 0.3 is 0 Å². The van der Waals surface area contributed by atoms with Crippen molar-refractivity contribution < 1.29 is 0 Å². The average molecular weight is 769 g/mol. The Morgan fingerprint density at radius 1 is 0.259 bits per heavy atom. The third-order valence-electron chi connectivity index (χ3n) is 12.5. The lowest BCUT2D eigenvalue weighted by molar-refractivity contribution is 1.67. The standard InChI is InChI=1S/C56H32S2/c1-3-15-36-33(12-1)14-11-23-41(36)52-42-19-7-9-21-44(42)53(45-22-10-8-20-43(45)52)46-27-26-37(39-17-5-6-18-40(39)46)35-25-29-49-48(32-35)47-28-31-51-55(56(47)58-49)54-38-16-4-2-13-34(38)24-30-50(54)57-51/h1-32H. The monoisotopic (exact) mass is 768 g/mol. The molecule has 0 spiro atoms. The van der Waals surface area contributed by atoms with E-state index in [0.29, 0.717) is 0 Å². The summed E-state index contributed by atoms with van der Waals surface area (Å²) < 4.78 is 5.43. The number of benzene rings is 11. The maximum absolute atomic E-state index is 2.44. The summed E-state index contributed by atoms with van der Waals surface area (Å²) in [6.07, 6.45) is 0. The fraction of sp³-hybridized carbons (Fsp3) is 0. The highest BCUT2D eigenvalue weighted by atomic mass is 32.1. The molecule has 0 aliphatic heterocycles. The van der Waals surface area contributed by atoms with E-state index in [9.17, 15) is 0 Å². The zero-order valence-electron chi connectivity index (χ0n) is 31.3. The maximum atomic E-state index is 2.44. The summed E-state index contributed by atoms with van der Waals surface area (Å²) in [7, 11) is 0. The van der Waals surface area contributed by atoms with Crippen LogP contribution in [-0.4, -0.2) is 0 Å². The van der Waals surface area contributed by atoms with Crippen molar-refractivity contribution in [2.75, 3.05) is 0 Å². The Morgan fingerprint density at radius 3 is 1.47 bits per heavy atom. The molecule has 0 radical (unpaired) electrons. The minimum atomic E-state index is 1.25. The summed E-state index contributed by atoms with van der Waals surface area (Å²) in [5.41, 5.74) is 7.63. The second kappa shape index (κ2) is 12.3. The Labute approximate surface area is 342 Å². The first-order valence-electron chi connectivity index (χ1n) is 19.9. The minimum Gasteiger partial charge on any atom is -0.135 e. The third kappa shape index (κ3) is 4.56. The van der Waals surface area contributed by atoms with Crippen LogP contribution in [0.5, 0.6) is 0 Å². The fourth-order valence-electron chi connectivity index (χ4n) is 9.95. The van der Waals surface area contributed by atoms with Gasteiger partial charge < -0.3 is 0 Å². The lowest BCUT2D eigenvalue weighted by Crippen LogP contribution is -1.93. The minimum absolute atomic E-state index is 1.25. The summed E-state index contributed by atoms with van der Waals surface area (Å²) in [6.45, 7) is 0. The highest BCUT2D eigenvalue weighted by Crippen LogP contribution is 2.50. The summed E-state index contributed by atoms with van der Waals surface area (Å²) in [5.74, 6) is 0. The molecule has 0 unspecified atom stereocenters. The average Bonchev–Trinajstić information content (AvgIpc) is 3.86. The molecule has 0 atom stereocenters. The maximum Gasteiger partial charge on any atom is 0.0448 e. The first-order chi connectivity index (χ1) is 28.8. The molecule has 2 heterocycles. The number of hydrogen-bond acceptors (Lipinski definition) is 2. The predicted octanol–water partition coefficient (Wildman–Crippen LogP) is 17.2. The lowest BCUT2D eigenvalue weighted by atomic mass is 9.83. The molecule has 0 amide bonds. The van der Waals surface area contributed by atoms with Gasteiger partial charge in [-0.1, -0.05) is 170 Å². The smallest absolute Gasteiger partial charge is 0.0448 e. The Morgan fingerprint density at radius 2 is 0.759 bits per heavy atom. The lowest BCUT2D eigenvalue weighted by Gasteiger charge is -2.20. The molecule has 268 valence electrons. The van der Waals surface area contributed by atoms with E-state index in [0.717, 1.165) is 0 Å². The Hall–Kier alpha value is -6.84. The molecule has 0 N–H and O–H groups in total. The normalized spacial score (nSPS) is 12.1. The molecule has 13 aromatic rings. The van der Waals surface area contributed by atoms with E-state index in [1.165, 1.54) is 128 Å². The third-order valence-corrected chi connectivity index (χ3v) is 14.8. The molecule has 0 fully saturated rings. The van der Waals surface area contributed by atoms with E-state index >= 15 is 0 Å². The second-order valence-electron chi connectivity index (χ2n) is 15.5. The summed E-state index contributed by atoms with van der Waals surface area (Å²) in [4.78, 5) is 0. The molecule has 2 heteroatoms. The molecule has 0 aliphatic carbocycles. The van der Waals surface area contributed by atoms with Crippen molar-refractivity contribution in [1.82, 2.24) is 0 Å². The van der Waals surface area contributed by atoms with Crippen LogP contribution in [0, 0.1) is 0 Å². The first kappa shape index (κ1) is 32.3. The van der Waals surface area contributed by atoms with Crippen LogP contribution < -0.4 is 0 Å². The van der Waals surface area contributed by atoms with Gasteiger partial charge in [0.15, 0.2) is 0 Å². The Balaban J connectivity index is 1.04. The Kier molecular flexibility index (Phi) is 6.86. The zero-order chi connectivity index (χ0) is 37.9. The summed E-state index contributed by atoms with van der Waals surface area (Å²) >= 11 is 3.84. The topological polar surface area (TPSA) is 0 Å². The van der Waals surface area contributed by atoms with Gasteiger partial charge in [0.05, 0.1) is 0 Å². The van der Waals surface area contributed by atoms with Crippen molar-refractivity contribution in [2.24, 2.45) is 0 Å². The van der Waals surface area contributed by atoms with Crippen molar-refractivity contribution >= 4 is 117 Å². The van der Waals surface area contributed by atoms with Gasteiger partial charge in [-0.15, -0.1) is 22.7 Å². The molecule has 2 aromatic heterocycles.